The van der Waals surface area contributed by atoms with E-state index in [4.69, 9.17) is 0 Å². The highest BCUT2D eigenvalue weighted by Crippen LogP contribution is 2.36. The van der Waals surface area contributed by atoms with Crippen molar-refractivity contribution in [1.29, 1.82) is 0 Å². The van der Waals surface area contributed by atoms with E-state index < -0.39 is 0 Å². The van der Waals surface area contributed by atoms with Gasteiger partial charge in [0.25, 0.3) is 0 Å². The maximum atomic E-state index is 9.94. The zero-order chi connectivity index (χ0) is 10.1. The molecule has 1 atom stereocenters. The maximum absolute atomic E-state index is 9.94. The molecule has 1 aromatic heterocycles. The zero-order valence-corrected chi connectivity index (χ0v) is 8.90. The summed E-state index contributed by atoms with van der Waals surface area (Å²) in [7, 11) is 1.91. The number of aliphatic hydroxyl groups excluding tert-OH is 1. The van der Waals surface area contributed by atoms with Gasteiger partial charge in [-0.2, -0.15) is 5.10 Å². The van der Waals surface area contributed by atoms with E-state index in [1.807, 2.05) is 18.7 Å². The van der Waals surface area contributed by atoms with Gasteiger partial charge in [-0.1, -0.05) is 12.8 Å². The van der Waals surface area contributed by atoms with Crippen molar-refractivity contribution in [2.75, 3.05) is 0 Å². The van der Waals surface area contributed by atoms with Gasteiger partial charge in [0.15, 0.2) is 0 Å². The van der Waals surface area contributed by atoms with Crippen LogP contribution in [0.2, 0.25) is 0 Å². The van der Waals surface area contributed by atoms with Crippen LogP contribution in [0.1, 0.15) is 43.0 Å². The third-order valence-corrected chi connectivity index (χ3v) is 3.18. The highest BCUT2D eigenvalue weighted by molar-refractivity contribution is 5.18. The molecule has 0 aliphatic heterocycles. The molecule has 2 rings (SSSR count). The van der Waals surface area contributed by atoms with Crippen molar-refractivity contribution in [1.82, 2.24) is 9.78 Å². The first-order chi connectivity index (χ1) is 6.68. The maximum Gasteiger partial charge on any atom is 0.0823 e. The van der Waals surface area contributed by atoms with Gasteiger partial charge in [0, 0.05) is 18.3 Å². The molecule has 3 heteroatoms. The Morgan fingerprint density at radius 3 is 2.86 bits per heavy atom. The first kappa shape index (κ1) is 9.71. The molecule has 0 bridgehead atoms. The van der Waals surface area contributed by atoms with E-state index >= 15 is 0 Å². The van der Waals surface area contributed by atoms with Crippen molar-refractivity contribution >= 4 is 0 Å². The van der Waals surface area contributed by atoms with E-state index in [0.29, 0.717) is 0 Å². The van der Waals surface area contributed by atoms with Gasteiger partial charge >= 0.3 is 0 Å². The van der Waals surface area contributed by atoms with Gasteiger partial charge in [-0.15, -0.1) is 0 Å². The standard InChI is InChI=1S/C11H18N2O/c1-8-10(7-12-13(8)2)11(14)6-5-9-3-4-9/h7,9,11,14H,3-6H2,1-2H3. The van der Waals surface area contributed by atoms with Crippen molar-refractivity contribution < 1.29 is 5.11 Å². The second-order valence-corrected chi connectivity index (χ2v) is 4.35. The Kier molecular flexibility index (Phi) is 2.59. The largest absolute Gasteiger partial charge is 0.388 e. The fraction of sp³-hybridized carbons (Fsp3) is 0.727. The number of aliphatic hydroxyl groups is 1. The number of rotatable bonds is 4. The van der Waals surface area contributed by atoms with E-state index in [1.165, 1.54) is 12.8 Å². The van der Waals surface area contributed by atoms with Crippen LogP contribution in [0.5, 0.6) is 0 Å². The molecule has 0 amide bonds. The molecule has 1 aliphatic carbocycles. The second kappa shape index (κ2) is 3.73. The van der Waals surface area contributed by atoms with Crippen molar-refractivity contribution in [2.45, 2.75) is 38.7 Å². The van der Waals surface area contributed by atoms with Gasteiger partial charge in [0.1, 0.15) is 0 Å². The summed E-state index contributed by atoms with van der Waals surface area (Å²) in [5.74, 6) is 0.890. The van der Waals surface area contributed by atoms with Gasteiger partial charge in [-0.05, 0) is 25.7 Å². The molecule has 1 aromatic rings. The molecule has 0 aromatic carbocycles. The zero-order valence-electron chi connectivity index (χ0n) is 8.90. The predicted octanol–water partition coefficient (Wildman–Crippen LogP) is 1.95. The average Bonchev–Trinajstić information content (AvgIpc) is 2.92. The smallest absolute Gasteiger partial charge is 0.0823 e. The molecule has 1 unspecified atom stereocenters. The lowest BCUT2D eigenvalue weighted by Crippen LogP contribution is -2.00. The normalized spacial score (nSPS) is 18.5. The highest BCUT2D eigenvalue weighted by Gasteiger charge is 2.23. The molecule has 3 nitrogen and oxygen atoms in total. The summed E-state index contributed by atoms with van der Waals surface area (Å²) in [5, 5.41) is 14.1. The molecule has 0 radical (unpaired) electrons. The van der Waals surface area contributed by atoms with Crippen LogP contribution >= 0.6 is 0 Å². The Morgan fingerprint density at radius 1 is 1.64 bits per heavy atom. The first-order valence-electron chi connectivity index (χ1n) is 5.35. The Bertz CT molecular complexity index is 315. The van der Waals surface area contributed by atoms with E-state index in [9.17, 15) is 5.11 Å². The van der Waals surface area contributed by atoms with Crippen molar-refractivity contribution in [3.63, 3.8) is 0 Å². The average molecular weight is 194 g/mol. The van der Waals surface area contributed by atoms with Crippen LogP contribution in [-0.2, 0) is 7.05 Å². The van der Waals surface area contributed by atoms with E-state index in [-0.39, 0.29) is 6.10 Å². The predicted molar refractivity (Wildman–Crippen MR) is 54.9 cm³/mol. The monoisotopic (exact) mass is 194 g/mol. The Labute approximate surface area is 84.7 Å². The van der Waals surface area contributed by atoms with Crippen molar-refractivity contribution in [3.05, 3.63) is 17.5 Å². The van der Waals surface area contributed by atoms with Crippen LogP contribution in [0.15, 0.2) is 6.20 Å². The van der Waals surface area contributed by atoms with Crippen LogP contribution in [0.25, 0.3) is 0 Å². The van der Waals surface area contributed by atoms with Crippen LogP contribution in [0.4, 0.5) is 0 Å². The van der Waals surface area contributed by atoms with Gasteiger partial charge in [-0.25, -0.2) is 0 Å². The fourth-order valence-corrected chi connectivity index (χ4v) is 1.80. The van der Waals surface area contributed by atoms with Crippen LogP contribution in [0, 0.1) is 12.8 Å². The molecular formula is C11H18N2O. The topological polar surface area (TPSA) is 38.1 Å². The number of aryl methyl sites for hydroxylation is 1. The summed E-state index contributed by atoms with van der Waals surface area (Å²) in [6, 6.07) is 0. The van der Waals surface area contributed by atoms with Crippen molar-refractivity contribution in [2.24, 2.45) is 13.0 Å². The van der Waals surface area contributed by atoms with Crippen LogP contribution in [0.3, 0.4) is 0 Å². The number of aromatic nitrogens is 2. The van der Waals surface area contributed by atoms with Crippen molar-refractivity contribution in [3.8, 4) is 0 Å². The first-order valence-corrected chi connectivity index (χ1v) is 5.35. The highest BCUT2D eigenvalue weighted by atomic mass is 16.3. The summed E-state index contributed by atoms with van der Waals surface area (Å²) in [4.78, 5) is 0. The SMILES string of the molecule is Cc1c(C(O)CCC2CC2)cnn1C. The van der Waals surface area contributed by atoms with E-state index in [1.54, 1.807) is 6.20 Å². The van der Waals surface area contributed by atoms with E-state index in [2.05, 4.69) is 5.10 Å². The van der Waals surface area contributed by atoms with Crippen LogP contribution in [-0.4, -0.2) is 14.9 Å². The third-order valence-electron chi connectivity index (χ3n) is 3.18. The molecule has 1 aliphatic rings. The quantitative estimate of drug-likeness (QED) is 0.795. The summed E-state index contributed by atoms with van der Waals surface area (Å²) >= 11 is 0. The molecular weight excluding hydrogens is 176 g/mol. The van der Waals surface area contributed by atoms with Crippen LogP contribution < -0.4 is 0 Å². The minimum absolute atomic E-state index is 0.315. The molecule has 0 spiro atoms. The lowest BCUT2D eigenvalue weighted by atomic mass is 10.0. The summed E-state index contributed by atoms with van der Waals surface area (Å²) in [6.45, 7) is 2.00. The fourth-order valence-electron chi connectivity index (χ4n) is 1.80. The minimum Gasteiger partial charge on any atom is -0.388 e. The molecule has 1 heterocycles. The van der Waals surface area contributed by atoms with Gasteiger partial charge in [0.2, 0.25) is 0 Å². The molecule has 0 saturated heterocycles. The number of nitrogens with zero attached hydrogens (tertiary/aromatic N) is 2. The number of hydrogen-bond acceptors (Lipinski definition) is 2. The minimum atomic E-state index is -0.315. The molecule has 78 valence electrons. The molecule has 1 fully saturated rings. The second-order valence-electron chi connectivity index (χ2n) is 4.35. The molecule has 1 saturated carbocycles. The Morgan fingerprint density at radius 2 is 2.36 bits per heavy atom. The molecule has 1 N–H and O–H groups in total. The van der Waals surface area contributed by atoms with Gasteiger partial charge < -0.3 is 5.11 Å². The van der Waals surface area contributed by atoms with E-state index in [0.717, 1.165) is 30.0 Å². The summed E-state index contributed by atoms with van der Waals surface area (Å²) in [5.41, 5.74) is 2.07. The lowest BCUT2D eigenvalue weighted by Gasteiger charge is -2.09. The third kappa shape index (κ3) is 1.98. The Balaban J connectivity index is 1.95. The Hall–Kier alpha value is -0.830. The summed E-state index contributed by atoms with van der Waals surface area (Å²) < 4.78 is 1.82. The molecule has 14 heavy (non-hydrogen) atoms. The van der Waals surface area contributed by atoms with Gasteiger partial charge in [-0.3, -0.25) is 4.68 Å². The lowest BCUT2D eigenvalue weighted by molar-refractivity contribution is 0.161. The van der Waals surface area contributed by atoms with Gasteiger partial charge in [0.05, 0.1) is 12.3 Å². The number of hydrogen-bond donors (Lipinski definition) is 1. The summed E-state index contributed by atoms with van der Waals surface area (Å²) in [6.07, 6.45) is 6.24.